The highest BCUT2D eigenvalue weighted by Crippen LogP contribution is 2.25. The number of carbonyl (C=O) groups is 1. The summed E-state index contributed by atoms with van der Waals surface area (Å²) in [6.45, 7) is 0.373. The van der Waals surface area contributed by atoms with Crippen molar-refractivity contribution in [1.29, 1.82) is 0 Å². The third kappa shape index (κ3) is 3.55. The molecule has 0 amide bonds. The van der Waals surface area contributed by atoms with Crippen molar-refractivity contribution in [3.8, 4) is 0 Å². The molecule has 0 spiro atoms. The zero-order valence-electron chi connectivity index (χ0n) is 13.0. The fraction of sp³-hybridized carbons (Fsp3) is 0.250. The molecule has 7 nitrogen and oxygen atoms in total. The van der Waals surface area contributed by atoms with Gasteiger partial charge in [-0.2, -0.15) is 0 Å². The van der Waals surface area contributed by atoms with Gasteiger partial charge in [0.1, 0.15) is 11.5 Å². The number of ether oxygens (including phenoxy) is 1. The Kier molecular flexibility index (Phi) is 5.07. The molecule has 0 aromatic carbocycles. The van der Waals surface area contributed by atoms with Crippen LogP contribution in [-0.2, 0) is 23.6 Å². The molecule has 0 saturated carbocycles. The van der Waals surface area contributed by atoms with Crippen LogP contribution in [0.4, 0.5) is 0 Å². The van der Waals surface area contributed by atoms with Crippen LogP contribution in [0.25, 0.3) is 0 Å². The van der Waals surface area contributed by atoms with Crippen LogP contribution in [0, 0.1) is 0 Å². The molecule has 126 valence electrons. The first-order chi connectivity index (χ1) is 11.7. The van der Waals surface area contributed by atoms with E-state index >= 15 is 0 Å². The number of nitrogens with zero attached hydrogens (tertiary/aromatic N) is 2. The second kappa shape index (κ2) is 7.41. The van der Waals surface area contributed by atoms with Crippen molar-refractivity contribution in [3.05, 3.63) is 59.7 Å². The standard InChI is InChI=1S/C16H16N2O5S/c1-21-15(20)14-5-4-13(23-14)10-24-16-17-7-11(9-19)18(16)8-12-3-2-6-22-12/h2-7,19H,8-10H2,1H3. The number of rotatable bonds is 7. The molecular formula is C16H16N2O5S. The summed E-state index contributed by atoms with van der Waals surface area (Å²) in [5, 5.41) is 10.2. The second-order valence-corrected chi connectivity index (χ2v) is 5.84. The summed E-state index contributed by atoms with van der Waals surface area (Å²) in [5.74, 6) is 1.57. The van der Waals surface area contributed by atoms with E-state index in [4.69, 9.17) is 8.83 Å². The zero-order valence-corrected chi connectivity index (χ0v) is 13.8. The molecule has 3 aromatic heterocycles. The number of thioether (sulfide) groups is 1. The Morgan fingerprint density at radius 3 is 2.96 bits per heavy atom. The number of aliphatic hydroxyl groups excluding tert-OH is 1. The van der Waals surface area contributed by atoms with E-state index in [9.17, 15) is 9.90 Å². The number of aromatic nitrogens is 2. The van der Waals surface area contributed by atoms with E-state index in [1.807, 2.05) is 16.7 Å². The number of esters is 1. The smallest absolute Gasteiger partial charge is 0.373 e. The average Bonchev–Trinajstić information content (AvgIpc) is 3.34. The van der Waals surface area contributed by atoms with Crippen molar-refractivity contribution >= 4 is 17.7 Å². The van der Waals surface area contributed by atoms with Crippen LogP contribution in [-0.4, -0.2) is 27.7 Å². The SMILES string of the molecule is COC(=O)c1ccc(CSc2ncc(CO)n2Cc2ccco2)o1. The molecule has 0 aliphatic rings. The van der Waals surface area contributed by atoms with Gasteiger partial charge in [-0.1, -0.05) is 11.8 Å². The van der Waals surface area contributed by atoms with Crippen molar-refractivity contribution in [2.24, 2.45) is 0 Å². The molecule has 0 radical (unpaired) electrons. The summed E-state index contributed by atoms with van der Waals surface area (Å²) in [7, 11) is 1.31. The fourth-order valence-electron chi connectivity index (χ4n) is 2.16. The van der Waals surface area contributed by atoms with Crippen LogP contribution < -0.4 is 0 Å². The fourth-order valence-corrected chi connectivity index (χ4v) is 3.05. The van der Waals surface area contributed by atoms with Gasteiger partial charge < -0.3 is 23.2 Å². The number of imidazole rings is 1. The lowest BCUT2D eigenvalue weighted by Crippen LogP contribution is -2.05. The molecule has 0 aliphatic heterocycles. The summed E-state index contributed by atoms with van der Waals surface area (Å²) in [6.07, 6.45) is 3.24. The summed E-state index contributed by atoms with van der Waals surface area (Å²) in [6, 6.07) is 6.99. The van der Waals surface area contributed by atoms with Gasteiger partial charge in [-0.05, 0) is 24.3 Å². The minimum absolute atomic E-state index is 0.110. The predicted octanol–water partition coefficient (Wildman–Crippen LogP) is 2.69. The molecular weight excluding hydrogens is 332 g/mol. The van der Waals surface area contributed by atoms with Crippen LogP contribution in [0.2, 0.25) is 0 Å². The highest BCUT2D eigenvalue weighted by molar-refractivity contribution is 7.98. The lowest BCUT2D eigenvalue weighted by Gasteiger charge is -2.08. The molecule has 0 aliphatic carbocycles. The Morgan fingerprint density at radius 1 is 1.38 bits per heavy atom. The highest BCUT2D eigenvalue weighted by atomic mass is 32.2. The molecule has 3 rings (SSSR count). The topological polar surface area (TPSA) is 90.6 Å². The van der Waals surface area contributed by atoms with E-state index in [-0.39, 0.29) is 12.4 Å². The van der Waals surface area contributed by atoms with Gasteiger partial charge in [-0.3, -0.25) is 0 Å². The Bertz CT molecular complexity index is 806. The van der Waals surface area contributed by atoms with E-state index in [1.54, 1.807) is 24.6 Å². The third-order valence-electron chi connectivity index (χ3n) is 3.35. The molecule has 0 fully saturated rings. The molecule has 0 bridgehead atoms. The second-order valence-electron chi connectivity index (χ2n) is 4.90. The molecule has 0 atom stereocenters. The van der Waals surface area contributed by atoms with Crippen molar-refractivity contribution in [3.63, 3.8) is 0 Å². The number of furan rings is 2. The third-order valence-corrected chi connectivity index (χ3v) is 4.36. The van der Waals surface area contributed by atoms with Gasteiger partial charge in [0.05, 0.1) is 44.2 Å². The minimum atomic E-state index is -0.506. The first-order valence-electron chi connectivity index (χ1n) is 7.18. The molecule has 0 unspecified atom stereocenters. The van der Waals surface area contributed by atoms with Gasteiger partial charge >= 0.3 is 5.97 Å². The van der Waals surface area contributed by atoms with E-state index in [0.717, 1.165) is 10.9 Å². The maximum Gasteiger partial charge on any atom is 0.373 e. The Balaban J connectivity index is 1.72. The first-order valence-corrected chi connectivity index (χ1v) is 8.17. The van der Waals surface area contributed by atoms with Gasteiger partial charge in [0.15, 0.2) is 5.16 Å². The number of methoxy groups -OCH3 is 1. The number of hydrogen-bond donors (Lipinski definition) is 1. The Morgan fingerprint density at radius 2 is 2.25 bits per heavy atom. The van der Waals surface area contributed by atoms with E-state index in [0.29, 0.717) is 23.8 Å². The van der Waals surface area contributed by atoms with E-state index < -0.39 is 5.97 Å². The maximum absolute atomic E-state index is 11.4. The number of aliphatic hydroxyl groups is 1. The molecule has 3 heterocycles. The van der Waals surface area contributed by atoms with Crippen LogP contribution >= 0.6 is 11.8 Å². The van der Waals surface area contributed by atoms with Crippen molar-refractivity contribution in [2.75, 3.05) is 7.11 Å². The zero-order chi connectivity index (χ0) is 16.9. The monoisotopic (exact) mass is 348 g/mol. The van der Waals surface area contributed by atoms with Crippen LogP contribution in [0.3, 0.4) is 0 Å². The predicted molar refractivity (Wildman–Crippen MR) is 85.6 cm³/mol. The van der Waals surface area contributed by atoms with Gasteiger partial charge in [-0.15, -0.1) is 0 Å². The number of hydrogen-bond acceptors (Lipinski definition) is 7. The normalized spacial score (nSPS) is 10.9. The van der Waals surface area contributed by atoms with Crippen molar-refractivity contribution < 1.29 is 23.5 Å². The summed E-state index contributed by atoms with van der Waals surface area (Å²) in [4.78, 5) is 15.7. The van der Waals surface area contributed by atoms with Crippen LogP contribution in [0.15, 0.2) is 50.7 Å². The van der Waals surface area contributed by atoms with Crippen molar-refractivity contribution in [1.82, 2.24) is 9.55 Å². The summed E-state index contributed by atoms with van der Waals surface area (Å²) in [5.41, 5.74) is 0.698. The minimum Gasteiger partial charge on any atom is -0.467 e. The molecule has 0 saturated heterocycles. The Labute approximate surface area is 142 Å². The lowest BCUT2D eigenvalue weighted by molar-refractivity contribution is 0.0563. The highest BCUT2D eigenvalue weighted by Gasteiger charge is 2.15. The molecule has 8 heteroatoms. The quantitative estimate of drug-likeness (QED) is 0.518. The van der Waals surface area contributed by atoms with Crippen LogP contribution in [0.1, 0.15) is 27.8 Å². The Hall–Kier alpha value is -2.45. The summed E-state index contributed by atoms with van der Waals surface area (Å²) >= 11 is 1.44. The van der Waals surface area contributed by atoms with Gasteiger partial charge in [0.25, 0.3) is 0 Å². The summed E-state index contributed by atoms with van der Waals surface area (Å²) < 4.78 is 17.3. The number of carbonyl (C=O) groups excluding carboxylic acids is 1. The van der Waals surface area contributed by atoms with E-state index in [1.165, 1.54) is 18.9 Å². The van der Waals surface area contributed by atoms with Gasteiger partial charge in [0.2, 0.25) is 5.76 Å². The molecule has 24 heavy (non-hydrogen) atoms. The molecule has 1 N–H and O–H groups in total. The largest absolute Gasteiger partial charge is 0.467 e. The first kappa shape index (κ1) is 16.4. The maximum atomic E-state index is 11.4. The van der Waals surface area contributed by atoms with Crippen molar-refractivity contribution in [2.45, 2.75) is 24.1 Å². The van der Waals surface area contributed by atoms with Gasteiger partial charge in [-0.25, -0.2) is 9.78 Å². The lowest BCUT2D eigenvalue weighted by atomic mass is 10.4. The van der Waals surface area contributed by atoms with E-state index in [2.05, 4.69) is 9.72 Å². The van der Waals surface area contributed by atoms with Crippen LogP contribution in [0.5, 0.6) is 0 Å². The average molecular weight is 348 g/mol. The molecule has 3 aromatic rings. The van der Waals surface area contributed by atoms with Gasteiger partial charge in [0, 0.05) is 0 Å².